The van der Waals surface area contributed by atoms with E-state index in [1.165, 1.54) is 25.4 Å². The molecule has 1 aromatic carbocycles. The van der Waals surface area contributed by atoms with Gasteiger partial charge in [-0.15, -0.1) is 0 Å². The number of aromatic nitrogens is 1. The molecule has 2 aromatic rings. The Hall–Kier alpha value is -2.17. The first-order valence-electron chi connectivity index (χ1n) is 4.59. The van der Waals surface area contributed by atoms with Crippen LogP contribution in [0.25, 0.3) is 10.8 Å². The molecule has 0 radical (unpaired) electrons. The number of anilines is 1. The first-order chi connectivity index (χ1) is 7.70. The predicted octanol–water partition coefficient (Wildman–Crippen LogP) is 2.55. The fourth-order valence-electron chi connectivity index (χ4n) is 1.44. The number of pyridine rings is 1. The lowest BCUT2D eigenvalue weighted by atomic mass is 10.1. The van der Waals surface area contributed by atoms with Gasteiger partial charge in [0.05, 0.1) is 12.8 Å². The average Bonchev–Trinajstić information content (AvgIpc) is 2.28. The third kappa shape index (κ3) is 1.93. The molecule has 0 aliphatic heterocycles. The van der Waals surface area contributed by atoms with Gasteiger partial charge in [0.15, 0.2) is 0 Å². The summed E-state index contributed by atoms with van der Waals surface area (Å²) in [5.74, 6) is -0.438. The molecule has 16 heavy (non-hydrogen) atoms. The number of halogens is 1. The molecule has 0 atom stereocenters. The van der Waals surface area contributed by atoms with Crippen molar-refractivity contribution in [1.82, 2.24) is 4.98 Å². The van der Waals surface area contributed by atoms with Crippen LogP contribution in [0.5, 0.6) is 0 Å². The van der Waals surface area contributed by atoms with E-state index in [0.717, 1.165) is 0 Å². The molecule has 0 saturated carbocycles. The van der Waals surface area contributed by atoms with E-state index in [1.807, 2.05) is 0 Å². The number of amides is 1. The minimum Gasteiger partial charge on any atom is -0.453 e. The highest BCUT2D eigenvalue weighted by atomic mass is 19.1. The van der Waals surface area contributed by atoms with Crippen LogP contribution in [-0.4, -0.2) is 18.2 Å². The summed E-state index contributed by atoms with van der Waals surface area (Å²) in [6.07, 6.45) is 2.47. The highest BCUT2D eigenvalue weighted by Crippen LogP contribution is 2.24. The highest BCUT2D eigenvalue weighted by Gasteiger charge is 2.07. The molecule has 2 rings (SSSR count). The fourth-order valence-corrected chi connectivity index (χ4v) is 1.44. The number of carbonyl (C=O) groups is 1. The van der Waals surface area contributed by atoms with Gasteiger partial charge in [-0.05, 0) is 18.2 Å². The van der Waals surface area contributed by atoms with E-state index >= 15 is 0 Å². The SMILES string of the molecule is COC(=O)Nc1cc(F)cc2cnccc12. The monoisotopic (exact) mass is 220 g/mol. The Morgan fingerprint density at radius 3 is 3.06 bits per heavy atom. The second-order valence-corrected chi connectivity index (χ2v) is 3.17. The smallest absolute Gasteiger partial charge is 0.411 e. The lowest BCUT2D eigenvalue weighted by Gasteiger charge is -2.07. The van der Waals surface area contributed by atoms with Crippen molar-refractivity contribution in [3.8, 4) is 0 Å². The van der Waals surface area contributed by atoms with Crippen molar-refractivity contribution in [2.45, 2.75) is 0 Å². The number of nitrogens with one attached hydrogen (secondary N) is 1. The number of benzene rings is 1. The zero-order valence-electron chi connectivity index (χ0n) is 8.53. The summed E-state index contributed by atoms with van der Waals surface area (Å²) in [6.45, 7) is 0. The van der Waals surface area contributed by atoms with Crippen LogP contribution in [0.15, 0.2) is 30.6 Å². The molecule has 0 spiro atoms. The van der Waals surface area contributed by atoms with Crippen LogP contribution in [0, 0.1) is 5.82 Å². The van der Waals surface area contributed by atoms with Crippen molar-refractivity contribution in [3.63, 3.8) is 0 Å². The van der Waals surface area contributed by atoms with E-state index in [9.17, 15) is 9.18 Å². The van der Waals surface area contributed by atoms with Crippen molar-refractivity contribution < 1.29 is 13.9 Å². The first-order valence-corrected chi connectivity index (χ1v) is 4.59. The lowest BCUT2D eigenvalue weighted by molar-refractivity contribution is 0.187. The van der Waals surface area contributed by atoms with Gasteiger partial charge < -0.3 is 4.74 Å². The molecule has 5 heteroatoms. The second kappa shape index (κ2) is 4.14. The molecule has 0 fully saturated rings. The number of rotatable bonds is 1. The van der Waals surface area contributed by atoms with E-state index in [0.29, 0.717) is 16.5 Å². The number of carbonyl (C=O) groups excluding carboxylic acids is 1. The van der Waals surface area contributed by atoms with Gasteiger partial charge in [-0.1, -0.05) is 0 Å². The number of hydrogen-bond acceptors (Lipinski definition) is 3. The van der Waals surface area contributed by atoms with Crippen LogP contribution in [0.3, 0.4) is 0 Å². The van der Waals surface area contributed by atoms with E-state index < -0.39 is 11.9 Å². The van der Waals surface area contributed by atoms with Gasteiger partial charge in [-0.2, -0.15) is 0 Å². The van der Waals surface area contributed by atoms with Gasteiger partial charge >= 0.3 is 6.09 Å². The molecule has 1 aromatic heterocycles. The molecule has 1 amide bonds. The molecule has 82 valence electrons. The third-order valence-corrected chi connectivity index (χ3v) is 2.14. The summed E-state index contributed by atoms with van der Waals surface area (Å²) in [6, 6.07) is 4.28. The van der Waals surface area contributed by atoms with Crippen LogP contribution >= 0.6 is 0 Å². The van der Waals surface area contributed by atoms with E-state index in [4.69, 9.17) is 0 Å². The average molecular weight is 220 g/mol. The molecule has 4 nitrogen and oxygen atoms in total. The number of fused-ring (bicyclic) bond motifs is 1. The van der Waals surface area contributed by atoms with Gasteiger partial charge in [0.25, 0.3) is 0 Å². The molecular weight excluding hydrogens is 211 g/mol. The van der Waals surface area contributed by atoms with E-state index in [1.54, 1.807) is 12.3 Å². The second-order valence-electron chi connectivity index (χ2n) is 3.17. The van der Waals surface area contributed by atoms with Crippen LogP contribution in [0.2, 0.25) is 0 Å². The number of hydrogen-bond donors (Lipinski definition) is 1. The lowest BCUT2D eigenvalue weighted by Crippen LogP contribution is -2.11. The maximum Gasteiger partial charge on any atom is 0.411 e. The van der Waals surface area contributed by atoms with Crippen LogP contribution < -0.4 is 5.32 Å². The Morgan fingerprint density at radius 1 is 1.50 bits per heavy atom. The van der Waals surface area contributed by atoms with Crippen LogP contribution in [0.1, 0.15) is 0 Å². The first kappa shape index (κ1) is 10.4. The zero-order valence-corrected chi connectivity index (χ0v) is 8.53. The van der Waals surface area contributed by atoms with Crippen LogP contribution in [-0.2, 0) is 4.74 Å². The van der Waals surface area contributed by atoms with E-state index in [2.05, 4.69) is 15.0 Å². The Morgan fingerprint density at radius 2 is 2.31 bits per heavy atom. The molecule has 0 aliphatic carbocycles. The van der Waals surface area contributed by atoms with Crippen molar-refractivity contribution in [2.75, 3.05) is 12.4 Å². The summed E-state index contributed by atoms with van der Waals surface area (Å²) in [7, 11) is 1.25. The van der Waals surface area contributed by atoms with E-state index in [-0.39, 0.29) is 0 Å². The van der Waals surface area contributed by atoms with Gasteiger partial charge in [-0.25, -0.2) is 9.18 Å². The van der Waals surface area contributed by atoms with Crippen molar-refractivity contribution in [1.29, 1.82) is 0 Å². The number of nitrogens with zero attached hydrogens (tertiary/aromatic N) is 1. The standard InChI is InChI=1S/C11H9FN2O2/c1-16-11(15)14-10-5-8(12)4-7-6-13-3-2-9(7)10/h2-6H,1H3,(H,14,15). The normalized spacial score (nSPS) is 10.1. The predicted molar refractivity (Wildman–Crippen MR) is 57.7 cm³/mol. The summed E-state index contributed by atoms with van der Waals surface area (Å²) < 4.78 is 17.7. The molecular formula is C11H9FN2O2. The quantitative estimate of drug-likeness (QED) is 0.803. The molecule has 0 saturated heterocycles. The maximum absolute atomic E-state index is 13.2. The van der Waals surface area contributed by atoms with Gasteiger partial charge in [0, 0.05) is 23.2 Å². The van der Waals surface area contributed by atoms with Crippen molar-refractivity contribution >= 4 is 22.6 Å². The summed E-state index contributed by atoms with van der Waals surface area (Å²) in [4.78, 5) is 14.9. The van der Waals surface area contributed by atoms with Gasteiger partial charge in [0.2, 0.25) is 0 Å². The van der Waals surface area contributed by atoms with Crippen molar-refractivity contribution in [3.05, 3.63) is 36.4 Å². The van der Waals surface area contributed by atoms with Gasteiger partial charge in [-0.3, -0.25) is 10.3 Å². The summed E-state index contributed by atoms with van der Waals surface area (Å²) >= 11 is 0. The largest absolute Gasteiger partial charge is 0.453 e. The Bertz CT molecular complexity index is 542. The summed E-state index contributed by atoms with van der Waals surface area (Å²) in [5, 5.41) is 3.78. The molecule has 0 unspecified atom stereocenters. The molecule has 1 N–H and O–H groups in total. The Balaban J connectivity index is 2.54. The highest BCUT2D eigenvalue weighted by molar-refractivity contribution is 5.99. The number of ether oxygens (including phenoxy) is 1. The maximum atomic E-state index is 13.2. The topological polar surface area (TPSA) is 51.2 Å². The van der Waals surface area contributed by atoms with Gasteiger partial charge in [0.1, 0.15) is 5.82 Å². The minimum atomic E-state index is -0.635. The number of methoxy groups -OCH3 is 1. The molecule has 1 heterocycles. The summed E-state index contributed by atoms with van der Waals surface area (Å²) in [5.41, 5.74) is 0.365. The minimum absolute atomic E-state index is 0.365. The molecule has 0 bridgehead atoms. The Kier molecular flexibility index (Phi) is 2.68. The Labute approximate surface area is 91.1 Å². The van der Waals surface area contributed by atoms with Crippen molar-refractivity contribution in [2.24, 2.45) is 0 Å². The third-order valence-electron chi connectivity index (χ3n) is 2.14. The molecule has 0 aliphatic rings. The fraction of sp³-hybridized carbons (Fsp3) is 0.0909. The van der Waals surface area contributed by atoms with Crippen LogP contribution in [0.4, 0.5) is 14.9 Å². The zero-order chi connectivity index (χ0) is 11.5.